The van der Waals surface area contributed by atoms with E-state index in [9.17, 15) is 14.3 Å². The Bertz CT molecular complexity index is 588. The highest BCUT2D eigenvalue weighted by Crippen LogP contribution is 2.21. The molecule has 2 aliphatic rings. The summed E-state index contributed by atoms with van der Waals surface area (Å²) in [6.07, 6.45) is 2.35. The van der Waals surface area contributed by atoms with Crippen molar-refractivity contribution in [1.29, 1.82) is 0 Å². The van der Waals surface area contributed by atoms with E-state index < -0.39 is 17.7 Å². The van der Waals surface area contributed by atoms with Gasteiger partial charge in [-0.25, -0.2) is 14.4 Å². The van der Waals surface area contributed by atoms with Gasteiger partial charge in [-0.1, -0.05) is 0 Å². The Labute approximate surface area is 146 Å². The number of carbonyl (C=O) groups is 1. The zero-order chi connectivity index (χ0) is 17.8. The number of anilines is 1. The lowest BCUT2D eigenvalue weighted by molar-refractivity contribution is -0.142. The average Bonchev–Trinajstić information content (AvgIpc) is 2.79. The minimum absolute atomic E-state index is 0.184. The first-order valence-electron chi connectivity index (χ1n) is 8.47. The SMILES string of the molecule is COCCN1CC(C(=O)O)CN2CCN(c3ncc(F)cn3)CC2C1. The summed E-state index contributed by atoms with van der Waals surface area (Å²) >= 11 is 0. The highest BCUT2D eigenvalue weighted by atomic mass is 19.1. The molecule has 138 valence electrons. The maximum Gasteiger partial charge on any atom is 0.309 e. The summed E-state index contributed by atoms with van der Waals surface area (Å²) in [5, 5.41) is 9.50. The van der Waals surface area contributed by atoms with E-state index >= 15 is 0 Å². The van der Waals surface area contributed by atoms with Crippen LogP contribution in [0, 0.1) is 11.7 Å². The van der Waals surface area contributed by atoms with E-state index in [1.165, 1.54) is 12.4 Å². The van der Waals surface area contributed by atoms with Crippen LogP contribution in [0.5, 0.6) is 0 Å². The molecule has 0 saturated carbocycles. The molecule has 9 heteroatoms. The molecule has 1 aromatic heterocycles. The van der Waals surface area contributed by atoms with Crippen molar-refractivity contribution in [2.75, 3.05) is 64.4 Å². The van der Waals surface area contributed by atoms with Gasteiger partial charge in [0.15, 0.2) is 5.82 Å². The van der Waals surface area contributed by atoms with E-state index in [2.05, 4.69) is 19.8 Å². The van der Waals surface area contributed by atoms with Gasteiger partial charge in [0.05, 0.1) is 24.9 Å². The quantitative estimate of drug-likeness (QED) is 0.777. The summed E-state index contributed by atoms with van der Waals surface area (Å²) in [6, 6.07) is 0.184. The number of methoxy groups -OCH3 is 1. The fraction of sp³-hybridized carbons (Fsp3) is 0.688. The van der Waals surface area contributed by atoms with Gasteiger partial charge in [0.1, 0.15) is 0 Å². The predicted molar refractivity (Wildman–Crippen MR) is 89.0 cm³/mol. The molecule has 0 bridgehead atoms. The van der Waals surface area contributed by atoms with Crippen molar-refractivity contribution >= 4 is 11.9 Å². The number of carboxylic acids is 1. The van der Waals surface area contributed by atoms with Crippen LogP contribution >= 0.6 is 0 Å². The van der Waals surface area contributed by atoms with Crippen LogP contribution in [0.4, 0.5) is 10.3 Å². The Balaban J connectivity index is 1.72. The average molecular weight is 353 g/mol. The number of piperazine rings is 1. The molecule has 1 aromatic rings. The molecule has 8 nitrogen and oxygen atoms in total. The van der Waals surface area contributed by atoms with Gasteiger partial charge in [-0.3, -0.25) is 14.6 Å². The van der Waals surface area contributed by atoms with Crippen LogP contribution in [0.15, 0.2) is 12.4 Å². The van der Waals surface area contributed by atoms with Gasteiger partial charge in [0.25, 0.3) is 0 Å². The Morgan fingerprint density at radius 1 is 1.28 bits per heavy atom. The first kappa shape index (κ1) is 18.0. The molecule has 0 aromatic carbocycles. The van der Waals surface area contributed by atoms with Crippen molar-refractivity contribution in [3.63, 3.8) is 0 Å². The molecule has 3 rings (SSSR count). The zero-order valence-corrected chi connectivity index (χ0v) is 14.3. The van der Waals surface area contributed by atoms with Crippen molar-refractivity contribution in [2.24, 2.45) is 5.92 Å². The fourth-order valence-corrected chi connectivity index (χ4v) is 3.54. The number of hydrogen-bond donors (Lipinski definition) is 1. The van der Waals surface area contributed by atoms with Gasteiger partial charge in [0, 0.05) is 59.0 Å². The summed E-state index contributed by atoms with van der Waals surface area (Å²) in [7, 11) is 1.65. The molecule has 1 N–H and O–H groups in total. The monoisotopic (exact) mass is 353 g/mol. The van der Waals surface area contributed by atoms with Crippen LogP contribution in [0.25, 0.3) is 0 Å². The van der Waals surface area contributed by atoms with Gasteiger partial charge in [-0.15, -0.1) is 0 Å². The third kappa shape index (κ3) is 4.42. The number of ether oxygens (including phenoxy) is 1. The number of hydrogen-bond acceptors (Lipinski definition) is 7. The molecule has 2 saturated heterocycles. The number of carboxylic acid groups (broad SMARTS) is 1. The van der Waals surface area contributed by atoms with Crippen molar-refractivity contribution < 1.29 is 19.0 Å². The van der Waals surface area contributed by atoms with E-state index in [4.69, 9.17) is 4.74 Å². The standard InChI is InChI=1S/C16H24FN5O3/c1-25-5-4-20-8-12(15(23)24)9-21-2-3-22(11-14(21)10-20)16-18-6-13(17)7-19-16/h6-7,12,14H,2-5,8-11H2,1H3,(H,23,24). The molecule has 0 spiro atoms. The Morgan fingerprint density at radius 3 is 2.72 bits per heavy atom. The van der Waals surface area contributed by atoms with E-state index in [0.717, 1.165) is 13.1 Å². The van der Waals surface area contributed by atoms with Crippen LogP contribution in [-0.2, 0) is 9.53 Å². The lowest BCUT2D eigenvalue weighted by Gasteiger charge is -2.41. The van der Waals surface area contributed by atoms with Gasteiger partial charge >= 0.3 is 5.97 Å². The van der Waals surface area contributed by atoms with Crippen molar-refractivity contribution in [3.8, 4) is 0 Å². The van der Waals surface area contributed by atoms with Crippen molar-refractivity contribution in [3.05, 3.63) is 18.2 Å². The Hall–Kier alpha value is -1.84. The highest BCUT2D eigenvalue weighted by molar-refractivity contribution is 5.70. The number of rotatable bonds is 5. The van der Waals surface area contributed by atoms with E-state index in [-0.39, 0.29) is 6.04 Å². The van der Waals surface area contributed by atoms with E-state index in [1.807, 2.05) is 4.90 Å². The molecule has 2 atom stereocenters. The molecule has 2 unspecified atom stereocenters. The first-order valence-corrected chi connectivity index (χ1v) is 8.47. The lowest BCUT2D eigenvalue weighted by atomic mass is 10.1. The third-order valence-electron chi connectivity index (χ3n) is 4.86. The highest BCUT2D eigenvalue weighted by Gasteiger charge is 2.36. The van der Waals surface area contributed by atoms with Crippen LogP contribution < -0.4 is 4.90 Å². The number of aliphatic carboxylic acids is 1. The first-order chi connectivity index (χ1) is 12.1. The molecule has 3 heterocycles. The summed E-state index contributed by atoms with van der Waals surface area (Å²) in [4.78, 5) is 26.1. The van der Waals surface area contributed by atoms with Gasteiger partial charge < -0.3 is 14.7 Å². The van der Waals surface area contributed by atoms with E-state index in [1.54, 1.807) is 7.11 Å². The van der Waals surface area contributed by atoms with Crippen LogP contribution in [-0.4, -0.2) is 96.4 Å². The Morgan fingerprint density at radius 2 is 2.04 bits per heavy atom. The molecule has 0 radical (unpaired) electrons. The third-order valence-corrected chi connectivity index (χ3v) is 4.86. The minimum Gasteiger partial charge on any atom is -0.481 e. The maximum atomic E-state index is 13.0. The second-order valence-corrected chi connectivity index (χ2v) is 6.58. The van der Waals surface area contributed by atoms with Crippen molar-refractivity contribution in [1.82, 2.24) is 19.8 Å². The number of nitrogens with zero attached hydrogens (tertiary/aromatic N) is 5. The summed E-state index contributed by atoms with van der Waals surface area (Å²) in [5.74, 6) is -1.10. The molecule has 25 heavy (non-hydrogen) atoms. The van der Waals surface area contributed by atoms with Crippen LogP contribution in [0.2, 0.25) is 0 Å². The second kappa shape index (κ2) is 8.03. The summed E-state index contributed by atoms with van der Waals surface area (Å²) in [5.41, 5.74) is 0. The van der Waals surface area contributed by atoms with Gasteiger partial charge in [0.2, 0.25) is 5.95 Å². The number of fused-ring (bicyclic) bond motifs is 1. The largest absolute Gasteiger partial charge is 0.481 e. The van der Waals surface area contributed by atoms with E-state index in [0.29, 0.717) is 45.3 Å². The molecule has 2 fully saturated rings. The van der Waals surface area contributed by atoms with Crippen molar-refractivity contribution in [2.45, 2.75) is 6.04 Å². The summed E-state index contributed by atoms with van der Waals surface area (Å²) in [6.45, 7) is 5.26. The van der Waals surface area contributed by atoms with Gasteiger partial charge in [-0.2, -0.15) is 0 Å². The number of aromatic nitrogens is 2. The predicted octanol–water partition coefficient (Wildman–Crippen LogP) is -0.231. The zero-order valence-electron chi connectivity index (χ0n) is 14.3. The normalized spacial score (nSPS) is 25.4. The summed E-state index contributed by atoms with van der Waals surface area (Å²) < 4.78 is 18.2. The lowest BCUT2D eigenvalue weighted by Crippen LogP contribution is -2.56. The van der Waals surface area contributed by atoms with Crippen LogP contribution in [0.3, 0.4) is 0 Å². The maximum absolute atomic E-state index is 13.0. The van der Waals surface area contributed by atoms with Crippen LogP contribution in [0.1, 0.15) is 0 Å². The smallest absolute Gasteiger partial charge is 0.309 e. The molecular formula is C16H24FN5O3. The topological polar surface area (TPSA) is 82.0 Å². The molecule has 0 aliphatic carbocycles. The minimum atomic E-state index is -0.757. The Kier molecular flexibility index (Phi) is 5.77. The second-order valence-electron chi connectivity index (χ2n) is 6.58. The molecule has 0 amide bonds. The fourth-order valence-electron chi connectivity index (χ4n) is 3.54. The number of halogens is 1. The van der Waals surface area contributed by atoms with Gasteiger partial charge in [-0.05, 0) is 0 Å². The molecule has 2 aliphatic heterocycles. The molecular weight excluding hydrogens is 329 g/mol.